The van der Waals surface area contributed by atoms with Crippen LogP contribution in [0.5, 0.6) is 0 Å². The van der Waals surface area contributed by atoms with Crippen molar-refractivity contribution in [3.05, 3.63) is 65.7 Å². The summed E-state index contributed by atoms with van der Waals surface area (Å²) in [6.07, 6.45) is 0.854. The van der Waals surface area contributed by atoms with Gasteiger partial charge in [-0.05, 0) is 42.7 Å². The molecule has 1 aliphatic heterocycles. The number of primary amides is 1. The lowest BCUT2D eigenvalue weighted by molar-refractivity contribution is -0.127. The van der Waals surface area contributed by atoms with E-state index in [0.29, 0.717) is 24.2 Å². The number of anilines is 1. The van der Waals surface area contributed by atoms with Gasteiger partial charge in [0.2, 0.25) is 11.8 Å². The smallest absolute Gasteiger partial charge is 0.324 e. The number of hydrogen-bond donors (Lipinski definition) is 3. The maximum Gasteiger partial charge on any atom is 0.324 e. The molecule has 1 heterocycles. The van der Waals surface area contributed by atoms with Gasteiger partial charge in [0.15, 0.2) is 0 Å². The van der Waals surface area contributed by atoms with Crippen LogP contribution < -0.4 is 16.4 Å². The van der Waals surface area contributed by atoms with E-state index in [4.69, 9.17) is 5.73 Å². The lowest BCUT2D eigenvalue weighted by Crippen LogP contribution is -2.33. The predicted octanol–water partition coefficient (Wildman–Crippen LogP) is 1.67. The second-order valence-corrected chi connectivity index (χ2v) is 6.76. The van der Waals surface area contributed by atoms with Crippen molar-refractivity contribution in [2.45, 2.75) is 25.3 Å². The summed E-state index contributed by atoms with van der Waals surface area (Å²) >= 11 is 0. The van der Waals surface area contributed by atoms with E-state index in [1.165, 1.54) is 17.0 Å². The number of rotatable bonds is 8. The third-order valence-electron chi connectivity index (χ3n) is 4.69. The average Bonchev–Trinajstić information content (AvgIpc) is 2.99. The van der Waals surface area contributed by atoms with Gasteiger partial charge in [-0.2, -0.15) is 0 Å². The zero-order valence-corrected chi connectivity index (χ0v) is 15.8. The Bertz CT molecular complexity index is 912. The van der Waals surface area contributed by atoms with Crippen LogP contribution in [-0.2, 0) is 16.0 Å². The standard InChI is InChI=1S/C21H22N4O4/c22-19(27)15-6-8-16(9-7-15)23-18(26)11-10-17-20(28)25(21(29)24-17)13-12-14-4-2-1-3-5-14/h1-9,17H,10-13H2,(H2,22,27)(H,23,26)(H,24,29)/t17-/m1/s1. The molecule has 0 aromatic heterocycles. The molecule has 5 amide bonds. The first-order valence-corrected chi connectivity index (χ1v) is 9.29. The molecular formula is C21H22N4O4. The molecular weight excluding hydrogens is 372 g/mol. The van der Waals surface area contributed by atoms with Gasteiger partial charge in [-0.3, -0.25) is 19.3 Å². The molecule has 0 spiro atoms. The van der Waals surface area contributed by atoms with Crippen molar-refractivity contribution in [2.75, 3.05) is 11.9 Å². The van der Waals surface area contributed by atoms with Gasteiger partial charge in [0, 0.05) is 24.2 Å². The van der Waals surface area contributed by atoms with Crippen LogP contribution in [-0.4, -0.2) is 41.2 Å². The maximum absolute atomic E-state index is 12.5. The highest BCUT2D eigenvalue weighted by atomic mass is 16.2. The monoisotopic (exact) mass is 394 g/mol. The van der Waals surface area contributed by atoms with Crippen molar-refractivity contribution in [2.24, 2.45) is 5.73 Å². The highest BCUT2D eigenvalue weighted by Crippen LogP contribution is 2.14. The molecule has 8 nitrogen and oxygen atoms in total. The van der Waals surface area contributed by atoms with Crippen LogP contribution >= 0.6 is 0 Å². The van der Waals surface area contributed by atoms with Crippen molar-refractivity contribution in [3.8, 4) is 0 Å². The Morgan fingerprint density at radius 2 is 1.72 bits per heavy atom. The van der Waals surface area contributed by atoms with Crippen molar-refractivity contribution in [3.63, 3.8) is 0 Å². The van der Waals surface area contributed by atoms with Crippen LogP contribution in [0.3, 0.4) is 0 Å². The first-order valence-electron chi connectivity index (χ1n) is 9.29. The molecule has 0 saturated carbocycles. The third-order valence-corrected chi connectivity index (χ3v) is 4.69. The Balaban J connectivity index is 1.47. The number of hydrogen-bond acceptors (Lipinski definition) is 4. The fraction of sp³-hybridized carbons (Fsp3) is 0.238. The normalized spacial score (nSPS) is 15.9. The fourth-order valence-electron chi connectivity index (χ4n) is 3.09. The zero-order valence-electron chi connectivity index (χ0n) is 15.8. The second-order valence-electron chi connectivity index (χ2n) is 6.76. The lowest BCUT2D eigenvalue weighted by atomic mass is 10.1. The van der Waals surface area contributed by atoms with Gasteiger partial charge >= 0.3 is 6.03 Å². The second kappa shape index (κ2) is 9.01. The minimum absolute atomic E-state index is 0.0702. The molecule has 1 fully saturated rings. The Kier molecular flexibility index (Phi) is 6.23. The molecule has 2 aromatic carbocycles. The van der Waals surface area contributed by atoms with Crippen molar-refractivity contribution < 1.29 is 19.2 Å². The number of carbonyl (C=O) groups is 4. The Morgan fingerprint density at radius 3 is 2.38 bits per heavy atom. The van der Waals surface area contributed by atoms with Gasteiger partial charge in [0.25, 0.3) is 5.91 Å². The molecule has 150 valence electrons. The molecule has 29 heavy (non-hydrogen) atoms. The van der Waals surface area contributed by atoms with Gasteiger partial charge in [-0.1, -0.05) is 30.3 Å². The van der Waals surface area contributed by atoms with Crippen LogP contribution in [0.2, 0.25) is 0 Å². The molecule has 0 aliphatic carbocycles. The molecule has 1 saturated heterocycles. The summed E-state index contributed by atoms with van der Waals surface area (Å²) < 4.78 is 0. The Hall–Kier alpha value is -3.68. The molecule has 0 bridgehead atoms. The molecule has 0 radical (unpaired) electrons. The van der Waals surface area contributed by atoms with Gasteiger partial charge < -0.3 is 16.4 Å². The number of nitrogens with one attached hydrogen (secondary N) is 2. The van der Waals surface area contributed by atoms with Crippen LogP contribution in [0.1, 0.15) is 28.8 Å². The van der Waals surface area contributed by atoms with E-state index in [1.807, 2.05) is 30.3 Å². The minimum atomic E-state index is -0.707. The summed E-state index contributed by atoms with van der Waals surface area (Å²) in [6.45, 7) is 0.295. The molecule has 0 unspecified atom stereocenters. The first kappa shape index (κ1) is 20.1. The fourth-order valence-corrected chi connectivity index (χ4v) is 3.09. The molecule has 2 aromatic rings. The van der Waals surface area contributed by atoms with Gasteiger partial charge in [-0.15, -0.1) is 0 Å². The third kappa shape index (κ3) is 5.19. The van der Waals surface area contributed by atoms with E-state index in [0.717, 1.165) is 5.56 Å². The average molecular weight is 394 g/mol. The molecule has 3 rings (SSSR count). The lowest BCUT2D eigenvalue weighted by Gasteiger charge is -2.13. The van der Waals surface area contributed by atoms with E-state index >= 15 is 0 Å². The largest absolute Gasteiger partial charge is 0.366 e. The number of urea groups is 1. The number of amides is 5. The summed E-state index contributed by atoms with van der Waals surface area (Å²) in [7, 11) is 0. The van der Waals surface area contributed by atoms with Crippen LogP contribution in [0.15, 0.2) is 54.6 Å². The zero-order chi connectivity index (χ0) is 20.8. The number of benzene rings is 2. The van der Waals surface area contributed by atoms with Gasteiger partial charge in [-0.25, -0.2) is 4.79 Å². The number of imide groups is 1. The predicted molar refractivity (Wildman–Crippen MR) is 107 cm³/mol. The molecule has 8 heteroatoms. The van der Waals surface area contributed by atoms with E-state index in [-0.39, 0.29) is 24.7 Å². The first-order chi connectivity index (χ1) is 13.9. The maximum atomic E-state index is 12.5. The number of nitrogens with zero attached hydrogens (tertiary/aromatic N) is 1. The van der Waals surface area contributed by atoms with E-state index in [9.17, 15) is 19.2 Å². The summed E-state index contributed by atoms with van der Waals surface area (Å²) in [6, 6.07) is 14.6. The number of carbonyl (C=O) groups excluding carboxylic acids is 4. The summed E-state index contributed by atoms with van der Waals surface area (Å²) in [4.78, 5) is 49.0. The van der Waals surface area contributed by atoms with Crippen LogP contribution in [0, 0.1) is 0 Å². The SMILES string of the molecule is NC(=O)c1ccc(NC(=O)CC[C@H]2NC(=O)N(CCc3ccccc3)C2=O)cc1. The highest BCUT2D eigenvalue weighted by Gasteiger charge is 2.37. The summed E-state index contributed by atoms with van der Waals surface area (Å²) in [5.41, 5.74) is 7.08. The Morgan fingerprint density at radius 1 is 1.03 bits per heavy atom. The van der Waals surface area contributed by atoms with Gasteiger partial charge in [0.1, 0.15) is 6.04 Å². The highest BCUT2D eigenvalue weighted by molar-refractivity contribution is 6.04. The van der Waals surface area contributed by atoms with Crippen LogP contribution in [0.4, 0.5) is 10.5 Å². The van der Waals surface area contributed by atoms with Crippen molar-refractivity contribution >= 4 is 29.4 Å². The number of nitrogens with two attached hydrogens (primary N) is 1. The van der Waals surface area contributed by atoms with Crippen molar-refractivity contribution in [1.29, 1.82) is 0 Å². The molecule has 4 N–H and O–H groups in total. The Labute approximate surface area is 168 Å². The van der Waals surface area contributed by atoms with E-state index in [2.05, 4.69) is 10.6 Å². The van der Waals surface area contributed by atoms with Crippen molar-refractivity contribution in [1.82, 2.24) is 10.2 Å². The van der Waals surface area contributed by atoms with Gasteiger partial charge in [0.05, 0.1) is 0 Å². The quantitative estimate of drug-likeness (QED) is 0.590. The molecule has 1 aliphatic rings. The van der Waals surface area contributed by atoms with E-state index in [1.54, 1.807) is 12.1 Å². The molecule has 1 atom stereocenters. The topological polar surface area (TPSA) is 122 Å². The minimum Gasteiger partial charge on any atom is -0.366 e. The summed E-state index contributed by atoms with van der Waals surface area (Å²) in [5, 5.41) is 5.32. The van der Waals surface area contributed by atoms with E-state index < -0.39 is 18.0 Å². The van der Waals surface area contributed by atoms with Crippen LogP contribution in [0.25, 0.3) is 0 Å². The summed E-state index contributed by atoms with van der Waals surface area (Å²) in [5.74, 6) is -1.15.